The summed E-state index contributed by atoms with van der Waals surface area (Å²) in [4.78, 5) is 13.7. The Morgan fingerprint density at radius 2 is 2.28 bits per heavy atom. The van der Waals surface area contributed by atoms with Crippen LogP contribution in [0.25, 0.3) is 0 Å². The van der Waals surface area contributed by atoms with Crippen LogP contribution in [-0.4, -0.2) is 18.6 Å². The molecule has 0 N–H and O–H groups in total. The van der Waals surface area contributed by atoms with Gasteiger partial charge in [-0.05, 0) is 26.0 Å². The molecule has 18 heavy (non-hydrogen) atoms. The molecule has 0 spiro atoms. The van der Waals surface area contributed by atoms with Gasteiger partial charge in [0.05, 0.1) is 6.10 Å². The number of nitrogens with zero attached hydrogens (tertiary/aromatic N) is 1. The van der Waals surface area contributed by atoms with Crippen molar-refractivity contribution >= 4 is 11.6 Å². The number of anilines is 1. The second kappa shape index (κ2) is 5.25. The molecule has 96 valence electrons. The van der Waals surface area contributed by atoms with Crippen LogP contribution in [0.3, 0.4) is 0 Å². The Morgan fingerprint density at radius 3 is 2.89 bits per heavy atom. The van der Waals surface area contributed by atoms with Crippen LogP contribution < -0.4 is 9.64 Å². The number of amides is 1. The molecule has 1 aromatic rings. The van der Waals surface area contributed by atoms with Crippen LogP contribution in [0.15, 0.2) is 36.9 Å². The Kier molecular flexibility index (Phi) is 3.70. The van der Waals surface area contributed by atoms with Crippen LogP contribution in [-0.2, 0) is 4.79 Å². The Balaban J connectivity index is 2.18. The van der Waals surface area contributed by atoms with E-state index in [1.54, 1.807) is 4.90 Å². The van der Waals surface area contributed by atoms with Gasteiger partial charge in [0.25, 0.3) is 0 Å². The molecule has 1 amide bonds. The minimum absolute atomic E-state index is 0.135. The topological polar surface area (TPSA) is 29.5 Å². The van der Waals surface area contributed by atoms with E-state index in [0.717, 1.165) is 11.4 Å². The fourth-order valence-corrected chi connectivity index (χ4v) is 2.14. The van der Waals surface area contributed by atoms with Gasteiger partial charge in [0.1, 0.15) is 5.75 Å². The van der Waals surface area contributed by atoms with Gasteiger partial charge in [-0.25, -0.2) is 0 Å². The summed E-state index contributed by atoms with van der Waals surface area (Å²) < 4.78 is 5.64. The standard InChI is InChI=1S/C15H19NO2/c1-4-12-8-15(17)16(10-12)13-6-5-7-14(9-13)18-11(2)3/h4-7,9,11-12H,1,8,10H2,2-3H3. The molecule has 0 aliphatic carbocycles. The van der Waals surface area contributed by atoms with Crippen LogP contribution in [0.4, 0.5) is 5.69 Å². The van der Waals surface area contributed by atoms with Crippen LogP contribution in [0.5, 0.6) is 5.75 Å². The van der Waals surface area contributed by atoms with E-state index in [2.05, 4.69) is 6.58 Å². The average molecular weight is 245 g/mol. The minimum atomic E-state index is 0.135. The summed E-state index contributed by atoms with van der Waals surface area (Å²) in [7, 11) is 0. The van der Waals surface area contributed by atoms with E-state index < -0.39 is 0 Å². The van der Waals surface area contributed by atoms with Gasteiger partial charge in [-0.1, -0.05) is 12.1 Å². The van der Waals surface area contributed by atoms with Crippen LogP contribution in [0.1, 0.15) is 20.3 Å². The van der Waals surface area contributed by atoms with E-state index in [4.69, 9.17) is 4.74 Å². The van der Waals surface area contributed by atoms with Gasteiger partial charge in [-0.3, -0.25) is 4.79 Å². The first-order chi connectivity index (χ1) is 8.60. The normalized spacial score (nSPS) is 19.4. The molecule has 0 aromatic heterocycles. The van der Waals surface area contributed by atoms with E-state index in [1.165, 1.54) is 0 Å². The number of ether oxygens (including phenoxy) is 1. The molecule has 1 heterocycles. The van der Waals surface area contributed by atoms with Gasteiger partial charge in [0.15, 0.2) is 0 Å². The van der Waals surface area contributed by atoms with Crippen molar-refractivity contribution in [2.75, 3.05) is 11.4 Å². The van der Waals surface area contributed by atoms with Crippen molar-refractivity contribution in [3.8, 4) is 5.75 Å². The van der Waals surface area contributed by atoms with Gasteiger partial charge < -0.3 is 9.64 Å². The Labute approximate surface area is 108 Å². The monoisotopic (exact) mass is 245 g/mol. The number of carbonyl (C=O) groups excluding carboxylic acids is 1. The maximum Gasteiger partial charge on any atom is 0.227 e. The Bertz CT molecular complexity index is 454. The zero-order chi connectivity index (χ0) is 13.1. The van der Waals surface area contributed by atoms with Crippen molar-refractivity contribution in [3.63, 3.8) is 0 Å². The molecule has 1 fully saturated rings. The summed E-state index contributed by atoms with van der Waals surface area (Å²) in [5.41, 5.74) is 0.905. The SMILES string of the molecule is C=CC1CC(=O)N(c2cccc(OC(C)C)c2)C1. The van der Waals surface area contributed by atoms with Gasteiger partial charge in [0.2, 0.25) is 5.91 Å². The lowest BCUT2D eigenvalue weighted by Crippen LogP contribution is -2.24. The predicted octanol–water partition coefficient (Wildman–Crippen LogP) is 3.01. The molecule has 1 saturated heterocycles. The molecule has 1 aliphatic rings. The molecule has 1 unspecified atom stereocenters. The third-order valence-corrected chi connectivity index (χ3v) is 2.99. The summed E-state index contributed by atoms with van der Waals surface area (Å²) in [5.74, 6) is 1.21. The lowest BCUT2D eigenvalue weighted by molar-refractivity contribution is -0.117. The van der Waals surface area contributed by atoms with Crippen molar-refractivity contribution in [2.24, 2.45) is 5.92 Å². The summed E-state index contributed by atoms with van der Waals surface area (Å²) in [6.07, 6.45) is 2.54. The number of hydrogen-bond donors (Lipinski definition) is 0. The first-order valence-corrected chi connectivity index (χ1v) is 6.30. The molecule has 1 aromatic carbocycles. The first kappa shape index (κ1) is 12.7. The number of benzene rings is 1. The minimum Gasteiger partial charge on any atom is -0.491 e. The van der Waals surface area contributed by atoms with Gasteiger partial charge in [-0.15, -0.1) is 6.58 Å². The van der Waals surface area contributed by atoms with Gasteiger partial charge in [0, 0.05) is 30.6 Å². The number of carbonyl (C=O) groups is 1. The molecular formula is C15H19NO2. The molecule has 1 aliphatic heterocycles. The summed E-state index contributed by atoms with van der Waals surface area (Å²) >= 11 is 0. The maximum atomic E-state index is 11.9. The molecule has 1 atom stereocenters. The van der Waals surface area contributed by atoms with E-state index in [9.17, 15) is 4.79 Å². The summed E-state index contributed by atoms with van der Waals surface area (Å²) in [6, 6.07) is 7.69. The largest absolute Gasteiger partial charge is 0.491 e. The summed E-state index contributed by atoms with van der Waals surface area (Å²) in [6.45, 7) is 8.45. The third-order valence-electron chi connectivity index (χ3n) is 2.99. The fourth-order valence-electron chi connectivity index (χ4n) is 2.14. The van der Waals surface area contributed by atoms with E-state index in [-0.39, 0.29) is 17.9 Å². The van der Waals surface area contributed by atoms with Crippen LogP contribution in [0, 0.1) is 5.92 Å². The number of hydrogen-bond acceptors (Lipinski definition) is 2. The molecule has 0 radical (unpaired) electrons. The van der Waals surface area contributed by atoms with Crippen molar-refractivity contribution < 1.29 is 9.53 Å². The quantitative estimate of drug-likeness (QED) is 0.763. The highest BCUT2D eigenvalue weighted by molar-refractivity contribution is 5.96. The second-order valence-electron chi connectivity index (χ2n) is 4.87. The molecule has 0 bridgehead atoms. The number of rotatable bonds is 4. The average Bonchev–Trinajstić information content (AvgIpc) is 2.70. The molecule has 0 saturated carbocycles. The highest BCUT2D eigenvalue weighted by Crippen LogP contribution is 2.28. The molecule has 3 nitrogen and oxygen atoms in total. The first-order valence-electron chi connectivity index (χ1n) is 6.30. The lowest BCUT2D eigenvalue weighted by Gasteiger charge is -2.18. The third kappa shape index (κ3) is 2.73. The van der Waals surface area contributed by atoms with E-state index in [0.29, 0.717) is 13.0 Å². The van der Waals surface area contributed by atoms with E-state index >= 15 is 0 Å². The van der Waals surface area contributed by atoms with Gasteiger partial charge >= 0.3 is 0 Å². The van der Waals surface area contributed by atoms with Crippen molar-refractivity contribution in [2.45, 2.75) is 26.4 Å². The van der Waals surface area contributed by atoms with Crippen LogP contribution >= 0.6 is 0 Å². The Hall–Kier alpha value is -1.77. The van der Waals surface area contributed by atoms with Crippen molar-refractivity contribution in [1.29, 1.82) is 0 Å². The molecule has 2 rings (SSSR count). The highest BCUT2D eigenvalue weighted by atomic mass is 16.5. The molecular weight excluding hydrogens is 226 g/mol. The predicted molar refractivity (Wildman–Crippen MR) is 72.9 cm³/mol. The van der Waals surface area contributed by atoms with Gasteiger partial charge in [-0.2, -0.15) is 0 Å². The van der Waals surface area contributed by atoms with Crippen LogP contribution in [0.2, 0.25) is 0 Å². The van der Waals surface area contributed by atoms with Crippen molar-refractivity contribution in [3.05, 3.63) is 36.9 Å². The Morgan fingerprint density at radius 1 is 1.50 bits per heavy atom. The van der Waals surface area contributed by atoms with Crippen molar-refractivity contribution in [1.82, 2.24) is 0 Å². The zero-order valence-electron chi connectivity index (χ0n) is 10.9. The van der Waals surface area contributed by atoms with E-state index in [1.807, 2.05) is 44.2 Å². The summed E-state index contributed by atoms with van der Waals surface area (Å²) in [5, 5.41) is 0. The smallest absolute Gasteiger partial charge is 0.227 e. The second-order valence-corrected chi connectivity index (χ2v) is 4.87. The zero-order valence-corrected chi connectivity index (χ0v) is 10.9. The molecule has 3 heteroatoms. The lowest BCUT2D eigenvalue weighted by atomic mass is 10.1. The highest BCUT2D eigenvalue weighted by Gasteiger charge is 2.28. The fraction of sp³-hybridized carbons (Fsp3) is 0.400. The maximum absolute atomic E-state index is 11.9.